The van der Waals surface area contributed by atoms with Gasteiger partial charge in [0.05, 0.1) is 5.92 Å². The molecule has 0 heterocycles. The highest BCUT2D eigenvalue weighted by atomic mass is 19.1. The lowest BCUT2D eigenvalue weighted by atomic mass is 9.95. The van der Waals surface area contributed by atoms with Crippen LogP contribution in [0.1, 0.15) is 19.4 Å². The second-order valence-electron chi connectivity index (χ2n) is 4.26. The summed E-state index contributed by atoms with van der Waals surface area (Å²) >= 11 is 0. The Bertz CT molecular complexity index is 448. The Morgan fingerprint density at radius 1 is 1.33 bits per heavy atom. The monoisotopic (exact) mass is 253 g/mol. The molecule has 1 rings (SSSR count). The van der Waals surface area contributed by atoms with Crippen LogP contribution in [0.2, 0.25) is 0 Å². The summed E-state index contributed by atoms with van der Waals surface area (Å²) in [6, 6.07) is 5.89. The predicted octanol–water partition coefficient (Wildman–Crippen LogP) is 1.80. The quantitative estimate of drug-likeness (QED) is 0.840. The van der Waals surface area contributed by atoms with Crippen LogP contribution in [0.3, 0.4) is 0 Å². The minimum absolute atomic E-state index is 0.188. The molecule has 1 aromatic rings. The molecule has 18 heavy (non-hydrogen) atoms. The number of benzene rings is 1. The molecule has 0 radical (unpaired) electrons. The average molecular weight is 253 g/mol. The summed E-state index contributed by atoms with van der Waals surface area (Å²) < 4.78 is 12.9. The lowest BCUT2D eigenvalue weighted by molar-refractivity contribution is -0.146. The lowest BCUT2D eigenvalue weighted by Gasteiger charge is -2.15. The van der Waals surface area contributed by atoms with Crippen molar-refractivity contribution < 1.29 is 19.1 Å². The highest BCUT2D eigenvalue weighted by Gasteiger charge is 2.25. The summed E-state index contributed by atoms with van der Waals surface area (Å²) in [4.78, 5) is 22.4. The number of carboxylic acid groups (broad SMARTS) is 1. The molecule has 1 amide bonds. The lowest BCUT2D eigenvalue weighted by Crippen LogP contribution is -2.34. The Hall–Kier alpha value is -1.91. The molecule has 98 valence electrons. The summed E-state index contributed by atoms with van der Waals surface area (Å²) in [5, 5.41) is 11.4. The Labute approximate surface area is 105 Å². The number of nitrogens with one attached hydrogen (secondary N) is 1. The number of rotatable bonds is 5. The molecule has 4 nitrogen and oxygen atoms in total. The van der Waals surface area contributed by atoms with Gasteiger partial charge < -0.3 is 10.4 Å². The van der Waals surface area contributed by atoms with Gasteiger partial charge in [-0.3, -0.25) is 9.59 Å². The van der Waals surface area contributed by atoms with E-state index in [1.807, 2.05) is 0 Å². The van der Waals surface area contributed by atoms with Crippen molar-refractivity contribution in [3.63, 3.8) is 0 Å². The largest absolute Gasteiger partial charge is 0.481 e. The van der Waals surface area contributed by atoms with Crippen molar-refractivity contribution in [2.24, 2.45) is 11.8 Å². The van der Waals surface area contributed by atoms with Crippen LogP contribution in [0, 0.1) is 17.7 Å². The molecular formula is C13H16FNO3. The number of carbonyl (C=O) groups is 2. The van der Waals surface area contributed by atoms with Gasteiger partial charge in [-0.2, -0.15) is 0 Å². The average Bonchev–Trinajstić information content (AvgIpc) is 2.34. The van der Waals surface area contributed by atoms with E-state index >= 15 is 0 Å². The van der Waals surface area contributed by atoms with Gasteiger partial charge in [0.2, 0.25) is 5.91 Å². The first-order valence-corrected chi connectivity index (χ1v) is 5.66. The van der Waals surface area contributed by atoms with Crippen molar-refractivity contribution in [1.82, 2.24) is 5.32 Å². The van der Waals surface area contributed by atoms with E-state index in [9.17, 15) is 14.0 Å². The summed E-state index contributed by atoms with van der Waals surface area (Å²) in [5.41, 5.74) is 0.638. The van der Waals surface area contributed by atoms with Gasteiger partial charge in [-0.25, -0.2) is 4.39 Å². The second kappa shape index (κ2) is 6.14. The smallest absolute Gasteiger partial charge is 0.307 e. The van der Waals surface area contributed by atoms with E-state index in [0.29, 0.717) is 5.56 Å². The molecule has 0 bridgehead atoms. The van der Waals surface area contributed by atoms with Gasteiger partial charge in [0, 0.05) is 12.5 Å². The Morgan fingerprint density at radius 3 is 2.56 bits per heavy atom. The van der Waals surface area contributed by atoms with Crippen LogP contribution in [0.25, 0.3) is 0 Å². The van der Waals surface area contributed by atoms with Crippen LogP contribution in [-0.4, -0.2) is 17.0 Å². The fourth-order valence-corrected chi connectivity index (χ4v) is 1.44. The van der Waals surface area contributed by atoms with Crippen molar-refractivity contribution >= 4 is 11.9 Å². The van der Waals surface area contributed by atoms with E-state index in [0.717, 1.165) is 0 Å². The molecule has 0 aliphatic rings. The zero-order valence-electron chi connectivity index (χ0n) is 10.3. The highest BCUT2D eigenvalue weighted by Crippen LogP contribution is 2.11. The van der Waals surface area contributed by atoms with Crippen molar-refractivity contribution in [1.29, 1.82) is 0 Å². The van der Waals surface area contributed by atoms with Crippen LogP contribution in [-0.2, 0) is 16.1 Å². The molecule has 0 saturated heterocycles. The van der Waals surface area contributed by atoms with Crippen LogP contribution in [0.5, 0.6) is 0 Å². The summed E-state index contributed by atoms with van der Waals surface area (Å²) in [6.07, 6.45) is 0. The Morgan fingerprint density at radius 2 is 2.00 bits per heavy atom. The number of hydrogen-bond acceptors (Lipinski definition) is 2. The number of halogens is 1. The molecule has 2 unspecified atom stereocenters. The number of carbonyl (C=O) groups excluding carboxylic acids is 1. The van der Waals surface area contributed by atoms with Gasteiger partial charge >= 0.3 is 5.97 Å². The van der Waals surface area contributed by atoms with E-state index < -0.39 is 17.8 Å². The van der Waals surface area contributed by atoms with Crippen molar-refractivity contribution in [3.05, 3.63) is 35.6 Å². The molecule has 1 aromatic carbocycles. The third kappa shape index (κ3) is 3.84. The molecule has 0 aromatic heterocycles. The van der Waals surface area contributed by atoms with E-state index in [4.69, 9.17) is 5.11 Å². The van der Waals surface area contributed by atoms with Gasteiger partial charge in [-0.05, 0) is 17.7 Å². The summed E-state index contributed by atoms with van der Waals surface area (Å²) in [6.45, 7) is 3.22. The van der Waals surface area contributed by atoms with Crippen LogP contribution >= 0.6 is 0 Å². The minimum Gasteiger partial charge on any atom is -0.481 e. The number of carboxylic acids is 1. The Kier molecular flexibility index (Phi) is 4.83. The topological polar surface area (TPSA) is 66.4 Å². The van der Waals surface area contributed by atoms with Crippen molar-refractivity contribution in [2.45, 2.75) is 20.4 Å². The first-order chi connectivity index (χ1) is 8.41. The fraction of sp³-hybridized carbons (Fsp3) is 0.385. The number of hydrogen-bond donors (Lipinski definition) is 2. The number of amides is 1. The molecule has 0 aliphatic heterocycles. The molecule has 0 fully saturated rings. The van der Waals surface area contributed by atoms with Crippen molar-refractivity contribution in [2.75, 3.05) is 0 Å². The van der Waals surface area contributed by atoms with E-state index in [1.54, 1.807) is 19.1 Å². The van der Waals surface area contributed by atoms with Gasteiger partial charge in [0.15, 0.2) is 0 Å². The molecule has 2 atom stereocenters. The van der Waals surface area contributed by atoms with E-state index in [1.165, 1.54) is 19.1 Å². The predicted molar refractivity (Wildman–Crippen MR) is 64.2 cm³/mol. The third-order valence-corrected chi connectivity index (χ3v) is 2.91. The summed E-state index contributed by atoms with van der Waals surface area (Å²) in [7, 11) is 0. The maximum absolute atomic E-state index is 12.9. The molecule has 0 saturated carbocycles. The highest BCUT2D eigenvalue weighted by molar-refractivity contribution is 5.84. The number of aliphatic carboxylic acids is 1. The summed E-state index contributed by atoms with van der Waals surface area (Å²) in [5.74, 6) is -3.11. The van der Waals surface area contributed by atoms with Crippen LogP contribution in [0.4, 0.5) is 4.39 Å². The minimum atomic E-state index is -1.01. The fourth-order valence-electron chi connectivity index (χ4n) is 1.44. The maximum atomic E-state index is 12.9. The molecule has 0 aliphatic carbocycles. The van der Waals surface area contributed by atoms with Gasteiger partial charge in [-0.15, -0.1) is 0 Å². The van der Waals surface area contributed by atoms with E-state index in [2.05, 4.69) is 5.32 Å². The molecule has 0 spiro atoms. The third-order valence-electron chi connectivity index (χ3n) is 2.91. The van der Waals surface area contributed by atoms with Gasteiger partial charge in [0.1, 0.15) is 5.82 Å². The van der Waals surface area contributed by atoms with E-state index in [-0.39, 0.29) is 18.3 Å². The zero-order chi connectivity index (χ0) is 13.7. The SMILES string of the molecule is CC(C(=O)O)C(C)C(=O)NCc1cccc(F)c1. The molecular weight excluding hydrogens is 237 g/mol. The standard InChI is InChI=1S/C13H16FNO3/c1-8(9(2)13(17)18)12(16)15-7-10-4-3-5-11(14)6-10/h3-6,8-9H,7H2,1-2H3,(H,15,16)(H,17,18). The normalized spacial score (nSPS) is 13.7. The van der Waals surface area contributed by atoms with Gasteiger partial charge in [0.25, 0.3) is 0 Å². The molecule has 5 heteroatoms. The van der Waals surface area contributed by atoms with Crippen LogP contribution in [0.15, 0.2) is 24.3 Å². The maximum Gasteiger partial charge on any atom is 0.307 e. The van der Waals surface area contributed by atoms with Crippen LogP contribution < -0.4 is 5.32 Å². The Balaban J connectivity index is 2.53. The first-order valence-electron chi connectivity index (χ1n) is 5.66. The van der Waals surface area contributed by atoms with Gasteiger partial charge in [-0.1, -0.05) is 26.0 Å². The second-order valence-corrected chi connectivity index (χ2v) is 4.26. The zero-order valence-corrected chi connectivity index (χ0v) is 10.3. The first kappa shape index (κ1) is 14.2. The van der Waals surface area contributed by atoms with Crippen molar-refractivity contribution in [3.8, 4) is 0 Å². The molecule has 2 N–H and O–H groups in total.